The van der Waals surface area contributed by atoms with Crippen LogP contribution in [0.1, 0.15) is 15.9 Å². The minimum atomic E-state index is -1.07. The van der Waals surface area contributed by atoms with Crippen molar-refractivity contribution in [1.29, 1.82) is 0 Å². The number of rotatable bonds is 5. The molecule has 3 rings (SSSR count). The Morgan fingerprint density at radius 2 is 1.84 bits per heavy atom. The lowest BCUT2D eigenvalue weighted by molar-refractivity contribution is -0.384. The molecule has 166 valence electrons. The van der Waals surface area contributed by atoms with Gasteiger partial charge in [-0.2, -0.15) is 5.10 Å². The molecule has 0 radical (unpaired) electrons. The minimum absolute atomic E-state index is 0.0930. The number of carbonyl (C=O) groups is 3. The summed E-state index contributed by atoms with van der Waals surface area (Å²) in [7, 11) is 0. The van der Waals surface area contributed by atoms with E-state index in [4.69, 9.17) is 16.3 Å². The van der Waals surface area contributed by atoms with Gasteiger partial charge in [-0.1, -0.05) is 23.7 Å². The van der Waals surface area contributed by atoms with E-state index in [0.717, 1.165) is 0 Å². The fourth-order valence-corrected chi connectivity index (χ4v) is 3.12. The second kappa shape index (κ2) is 10.5. The average molecular weight is 460 g/mol. The maximum atomic E-state index is 12.7. The lowest BCUT2D eigenvalue weighted by Crippen LogP contribution is -2.41. The summed E-state index contributed by atoms with van der Waals surface area (Å²) >= 11 is 5.81. The molecule has 0 atom stereocenters. The van der Waals surface area contributed by atoms with Gasteiger partial charge in [-0.3, -0.25) is 24.5 Å². The second-order valence-corrected chi connectivity index (χ2v) is 6.98. The Morgan fingerprint density at radius 1 is 1.12 bits per heavy atom. The molecule has 0 aromatic heterocycles. The first-order valence-electron chi connectivity index (χ1n) is 9.41. The van der Waals surface area contributed by atoms with Crippen LogP contribution in [0.4, 0.5) is 11.4 Å². The molecule has 12 heteroatoms. The Bertz CT molecular complexity index is 1080. The van der Waals surface area contributed by atoms with E-state index in [1.54, 1.807) is 23.1 Å². The standard InChI is InChI=1S/C20H18ClN5O6/c21-15-11-13(5-6-17(15)26(30)31)12-22-24-19(28)18(27)23-16-4-2-1-3-14(16)20(29)25-7-9-32-10-8-25/h1-6,11-12H,7-10H2,(H,23,27)(H,24,28)/b22-12+. The zero-order chi connectivity index (χ0) is 23.1. The van der Waals surface area contributed by atoms with Gasteiger partial charge in [0.15, 0.2) is 0 Å². The van der Waals surface area contributed by atoms with Crippen molar-refractivity contribution in [2.75, 3.05) is 31.6 Å². The number of amides is 3. The van der Waals surface area contributed by atoms with Gasteiger partial charge >= 0.3 is 11.8 Å². The van der Waals surface area contributed by atoms with E-state index < -0.39 is 16.7 Å². The van der Waals surface area contributed by atoms with Crippen molar-refractivity contribution in [1.82, 2.24) is 10.3 Å². The number of para-hydroxylation sites is 1. The third kappa shape index (κ3) is 5.65. The van der Waals surface area contributed by atoms with Crippen molar-refractivity contribution in [3.8, 4) is 0 Å². The molecule has 2 N–H and O–H groups in total. The maximum Gasteiger partial charge on any atom is 0.329 e. The number of hydrogen-bond acceptors (Lipinski definition) is 7. The van der Waals surface area contributed by atoms with Gasteiger partial charge in [0, 0.05) is 19.2 Å². The molecule has 0 unspecified atom stereocenters. The molecule has 1 fully saturated rings. The smallest absolute Gasteiger partial charge is 0.329 e. The molecule has 1 heterocycles. The number of halogens is 1. The van der Waals surface area contributed by atoms with Crippen LogP contribution in [0.15, 0.2) is 47.6 Å². The number of benzene rings is 2. The molecular weight excluding hydrogens is 442 g/mol. The number of nitrogens with zero attached hydrogens (tertiary/aromatic N) is 3. The van der Waals surface area contributed by atoms with E-state index in [1.165, 1.54) is 30.5 Å². The highest BCUT2D eigenvalue weighted by Crippen LogP contribution is 2.24. The monoisotopic (exact) mass is 459 g/mol. The summed E-state index contributed by atoms with van der Waals surface area (Å²) in [5, 5.41) is 16.7. The molecule has 2 aromatic carbocycles. The van der Waals surface area contributed by atoms with Gasteiger partial charge < -0.3 is 15.0 Å². The summed E-state index contributed by atoms with van der Waals surface area (Å²) in [6.07, 6.45) is 1.18. The third-order valence-electron chi connectivity index (χ3n) is 4.46. The fraction of sp³-hybridized carbons (Fsp3) is 0.200. The highest BCUT2D eigenvalue weighted by molar-refractivity contribution is 6.40. The van der Waals surface area contributed by atoms with Crippen LogP contribution >= 0.6 is 11.6 Å². The molecule has 2 aromatic rings. The lowest BCUT2D eigenvalue weighted by Gasteiger charge is -2.27. The van der Waals surface area contributed by atoms with Crippen molar-refractivity contribution >= 4 is 46.9 Å². The van der Waals surface area contributed by atoms with Gasteiger partial charge in [0.2, 0.25) is 0 Å². The van der Waals surface area contributed by atoms with Crippen LogP contribution in [0.25, 0.3) is 0 Å². The molecule has 0 saturated carbocycles. The summed E-state index contributed by atoms with van der Waals surface area (Å²) in [6.45, 7) is 1.73. The molecule has 0 aliphatic carbocycles. The zero-order valence-electron chi connectivity index (χ0n) is 16.6. The summed E-state index contributed by atoms with van der Waals surface area (Å²) < 4.78 is 5.24. The molecule has 1 aliphatic rings. The largest absolute Gasteiger partial charge is 0.378 e. The van der Waals surface area contributed by atoms with Crippen molar-refractivity contribution in [2.45, 2.75) is 0 Å². The molecular formula is C20H18ClN5O6. The first-order chi connectivity index (χ1) is 15.4. The second-order valence-electron chi connectivity index (χ2n) is 6.57. The molecule has 1 aliphatic heterocycles. The van der Waals surface area contributed by atoms with E-state index in [2.05, 4.69) is 10.4 Å². The van der Waals surface area contributed by atoms with Gasteiger partial charge in [-0.25, -0.2) is 5.43 Å². The number of morpholine rings is 1. The van der Waals surface area contributed by atoms with E-state index in [1.807, 2.05) is 5.43 Å². The predicted molar refractivity (Wildman–Crippen MR) is 116 cm³/mol. The maximum absolute atomic E-state index is 12.7. The number of nitrogens with one attached hydrogen (secondary N) is 2. The Morgan fingerprint density at radius 3 is 2.53 bits per heavy atom. The van der Waals surface area contributed by atoms with Crippen LogP contribution in [0, 0.1) is 10.1 Å². The molecule has 11 nitrogen and oxygen atoms in total. The molecule has 1 saturated heterocycles. The molecule has 32 heavy (non-hydrogen) atoms. The third-order valence-corrected chi connectivity index (χ3v) is 4.76. The summed E-state index contributed by atoms with van der Waals surface area (Å²) in [4.78, 5) is 48.8. The Balaban J connectivity index is 1.62. The number of nitro groups is 1. The van der Waals surface area contributed by atoms with E-state index in [9.17, 15) is 24.5 Å². The summed E-state index contributed by atoms with van der Waals surface area (Å²) in [5.74, 6) is -2.37. The molecule has 3 amide bonds. The normalized spacial score (nSPS) is 13.6. The quantitative estimate of drug-likeness (QED) is 0.302. The highest BCUT2D eigenvalue weighted by Gasteiger charge is 2.23. The van der Waals surface area contributed by atoms with Crippen molar-refractivity contribution in [3.63, 3.8) is 0 Å². The van der Waals surface area contributed by atoms with E-state index in [-0.39, 0.29) is 27.9 Å². The molecule has 0 spiro atoms. The minimum Gasteiger partial charge on any atom is -0.378 e. The average Bonchev–Trinajstić information content (AvgIpc) is 2.79. The topological polar surface area (TPSA) is 143 Å². The van der Waals surface area contributed by atoms with E-state index in [0.29, 0.717) is 31.9 Å². The zero-order valence-corrected chi connectivity index (χ0v) is 17.4. The van der Waals surface area contributed by atoms with Gasteiger partial charge in [-0.15, -0.1) is 0 Å². The summed E-state index contributed by atoms with van der Waals surface area (Å²) in [5.41, 5.74) is 2.60. The fourth-order valence-electron chi connectivity index (χ4n) is 2.86. The van der Waals surface area contributed by atoms with E-state index >= 15 is 0 Å². The SMILES string of the molecule is O=C(N/N=C/c1ccc([N+](=O)[O-])c(Cl)c1)C(=O)Nc1ccccc1C(=O)N1CCOCC1. The summed E-state index contributed by atoms with van der Waals surface area (Å²) in [6, 6.07) is 10.2. The number of ether oxygens (including phenoxy) is 1. The van der Waals surface area contributed by atoms with Crippen LogP contribution in [0.3, 0.4) is 0 Å². The van der Waals surface area contributed by atoms with Gasteiger partial charge in [0.25, 0.3) is 11.6 Å². The van der Waals surface area contributed by atoms with Gasteiger partial charge in [0.05, 0.1) is 35.6 Å². The Hall–Kier alpha value is -3.83. The lowest BCUT2D eigenvalue weighted by atomic mass is 10.1. The van der Waals surface area contributed by atoms with Crippen LogP contribution in [-0.2, 0) is 14.3 Å². The first kappa shape index (κ1) is 22.8. The highest BCUT2D eigenvalue weighted by atomic mass is 35.5. The number of anilines is 1. The van der Waals surface area contributed by atoms with Crippen molar-refractivity contribution in [2.24, 2.45) is 5.10 Å². The number of nitro benzene ring substituents is 1. The van der Waals surface area contributed by atoms with Crippen LogP contribution in [0.2, 0.25) is 5.02 Å². The molecule has 0 bridgehead atoms. The van der Waals surface area contributed by atoms with Crippen molar-refractivity contribution < 1.29 is 24.0 Å². The van der Waals surface area contributed by atoms with Crippen LogP contribution < -0.4 is 10.7 Å². The predicted octanol–water partition coefficient (Wildman–Crippen LogP) is 1.81. The first-order valence-corrected chi connectivity index (χ1v) is 9.79. The Kier molecular flexibility index (Phi) is 7.47. The van der Waals surface area contributed by atoms with Gasteiger partial charge in [0.1, 0.15) is 5.02 Å². The number of hydrogen-bond donors (Lipinski definition) is 2. The van der Waals surface area contributed by atoms with Gasteiger partial charge in [-0.05, 0) is 29.8 Å². The number of carbonyl (C=O) groups excluding carboxylic acids is 3. The van der Waals surface area contributed by atoms with Crippen LogP contribution in [0.5, 0.6) is 0 Å². The van der Waals surface area contributed by atoms with Crippen LogP contribution in [-0.4, -0.2) is 60.1 Å². The Labute approximate surface area is 187 Å². The number of hydrazone groups is 1. The van der Waals surface area contributed by atoms with Crippen molar-refractivity contribution in [3.05, 3.63) is 68.7 Å².